The lowest BCUT2D eigenvalue weighted by Crippen LogP contribution is -2.16. The molecule has 0 aliphatic rings. The van der Waals surface area contributed by atoms with E-state index in [0.717, 1.165) is 11.2 Å². The van der Waals surface area contributed by atoms with Gasteiger partial charge in [0.2, 0.25) is 0 Å². The van der Waals surface area contributed by atoms with Crippen LogP contribution in [0.15, 0.2) is 29.8 Å². The van der Waals surface area contributed by atoms with Crippen LogP contribution in [0, 0.1) is 0 Å². The number of hydrogen-bond acceptors (Lipinski definition) is 4. The van der Waals surface area contributed by atoms with Crippen LogP contribution < -0.4 is 5.73 Å². The predicted octanol–water partition coefficient (Wildman–Crippen LogP) is 0.0182. The van der Waals surface area contributed by atoms with Gasteiger partial charge in [0.1, 0.15) is 12.2 Å². The van der Waals surface area contributed by atoms with Gasteiger partial charge >= 0.3 is 0 Å². The van der Waals surface area contributed by atoms with Crippen molar-refractivity contribution >= 4 is 11.4 Å². The van der Waals surface area contributed by atoms with Crippen molar-refractivity contribution in [2.45, 2.75) is 6.42 Å². The molecule has 2 aromatic rings. The predicted molar refractivity (Wildman–Crippen MR) is 50.1 cm³/mol. The molecule has 0 amide bonds. The van der Waals surface area contributed by atoms with Crippen LogP contribution >= 0.6 is 0 Å². The summed E-state index contributed by atoms with van der Waals surface area (Å²) >= 11 is 0. The molecule has 2 rings (SSSR count). The highest BCUT2D eigenvalue weighted by molar-refractivity contribution is 5.81. The molecule has 0 bridgehead atoms. The number of rotatable bonds is 2. The summed E-state index contributed by atoms with van der Waals surface area (Å²) in [5, 5.41) is 15.4. The van der Waals surface area contributed by atoms with Gasteiger partial charge in [0.05, 0.1) is 23.8 Å². The van der Waals surface area contributed by atoms with E-state index in [1.165, 1.54) is 6.33 Å². The smallest absolute Gasteiger partial charge is 0.145 e. The maximum absolute atomic E-state index is 8.43. The van der Waals surface area contributed by atoms with Gasteiger partial charge in [-0.3, -0.25) is 0 Å². The van der Waals surface area contributed by atoms with E-state index in [9.17, 15) is 0 Å². The van der Waals surface area contributed by atoms with Crippen LogP contribution in [0.1, 0.15) is 5.69 Å². The Balaban J connectivity index is 2.43. The average Bonchev–Trinajstić information content (AvgIpc) is 2.62. The van der Waals surface area contributed by atoms with Gasteiger partial charge in [0.25, 0.3) is 0 Å². The Kier molecular flexibility index (Phi) is 2.02. The van der Waals surface area contributed by atoms with Gasteiger partial charge in [0.15, 0.2) is 0 Å². The molecule has 0 aliphatic heterocycles. The molecule has 0 saturated heterocycles. The first-order valence-electron chi connectivity index (χ1n) is 4.04. The number of nitrogens with zero attached hydrogens (tertiary/aromatic N) is 4. The Morgan fingerprint density at radius 1 is 1.57 bits per heavy atom. The number of nitrogens with two attached hydrogens (primary N) is 1. The monoisotopic (exact) mass is 191 g/mol. The van der Waals surface area contributed by atoms with Crippen molar-refractivity contribution in [1.82, 2.24) is 14.6 Å². The van der Waals surface area contributed by atoms with Crippen LogP contribution in [0.2, 0.25) is 0 Å². The Morgan fingerprint density at radius 2 is 2.43 bits per heavy atom. The molecule has 6 heteroatoms. The van der Waals surface area contributed by atoms with Crippen molar-refractivity contribution < 1.29 is 5.21 Å². The van der Waals surface area contributed by atoms with Crippen molar-refractivity contribution in [3.05, 3.63) is 30.4 Å². The average molecular weight is 191 g/mol. The third-order valence-corrected chi connectivity index (χ3v) is 1.89. The second kappa shape index (κ2) is 3.33. The third kappa shape index (κ3) is 1.37. The maximum atomic E-state index is 8.43. The number of fused-ring (bicyclic) bond motifs is 1. The lowest BCUT2D eigenvalue weighted by molar-refractivity contribution is 0.317. The summed E-state index contributed by atoms with van der Waals surface area (Å²) in [5.41, 5.74) is 7.14. The summed E-state index contributed by atoms with van der Waals surface area (Å²) in [7, 11) is 0. The Hall–Kier alpha value is -2.11. The minimum atomic E-state index is 0.156. The van der Waals surface area contributed by atoms with E-state index in [4.69, 9.17) is 10.9 Å². The fourth-order valence-electron chi connectivity index (χ4n) is 1.27. The van der Waals surface area contributed by atoms with Gasteiger partial charge in [-0.25, -0.2) is 9.50 Å². The first kappa shape index (κ1) is 8.49. The van der Waals surface area contributed by atoms with E-state index >= 15 is 0 Å². The largest absolute Gasteiger partial charge is 0.409 e. The molecule has 0 radical (unpaired) electrons. The Labute approximate surface area is 79.7 Å². The topological polar surface area (TPSA) is 88.8 Å². The van der Waals surface area contributed by atoms with E-state index in [1.807, 2.05) is 12.1 Å². The molecule has 0 aromatic carbocycles. The summed E-state index contributed by atoms with van der Waals surface area (Å²) in [4.78, 5) is 3.88. The van der Waals surface area contributed by atoms with Gasteiger partial charge in [-0.1, -0.05) is 5.16 Å². The quantitative estimate of drug-likeness (QED) is 0.303. The summed E-state index contributed by atoms with van der Waals surface area (Å²) in [6.07, 6.45) is 3.51. The van der Waals surface area contributed by atoms with Crippen LogP contribution in [0.25, 0.3) is 5.52 Å². The number of hydrogen-bond donors (Lipinski definition) is 2. The van der Waals surface area contributed by atoms with Gasteiger partial charge in [0, 0.05) is 0 Å². The molecule has 0 unspecified atom stereocenters. The highest BCUT2D eigenvalue weighted by atomic mass is 16.4. The zero-order valence-corrected chi connectivity index (χ0v) is 7.33. The molecule has 0 spiro atoms. The van der Waals surface area contributed by atoms with Gasteiger partial charge in [-0.15, -0.1) is 0 Å². The molecule has 72 valence electrons. The lowest BCUT2D eigenvalue weighted by atomic mass is 10.3. The molecule has 0 aliphatic carbocycles. The molecule has 14 heavy (non-hydrogen) atoms. The number of amidine groups is 1. The van der Waals surface area contributed by atoms with Gasteiger partial charge < -0.3 is 10.9 Å². The molecule has 2 aromatic heterocycles. The normalized spacial score (nSPS) is 12.1. The summed E-state index contributed by atoms with van der Waals surface area (Å²) in [5.74, 6) is 0.156. The third-order valence-electron chi connectivity index (χ3n) is 1.89. The van der Waals surface area contributed by atoms with Crippen LogP contribution in [0.3, 0.4) is 0 Å². The number of oxime groups is 1. The van der Waals surface area contributed by atoms with Crippen LogP contribution in [-0.2, 0) is 6.42 Å². The lowest BCUT2D eigenvalue weighted by Gasteiger charge is -1.98. The van der Waals surface area contributed by atoms with E-state index in [-0.39, 0.29) is 5.84 Å². The molecular weight excluding hydrogens is 182 g/mol. The minimum Gasteiger partial charge on any atom is -0.409 e. The molecule has 6 nitrogen and oxygen atoms in total. The van der Waals surface area contributed by atoms with Crippen molar-refractivity contribution in [1.29, 1.82) is 0 Å². The fourth-order valence-corrected chi connectivity index (χ4v) is 1.27. The fraction of sp³-hybridized carbons (Fsp3) is 0.125. The molecule has 0 saturated carbocycles. The standard InChI is InChI=1S/C8H9N5O/c9-8(12-14)3-6-1-2-7-4-10-5-11-13(6)7/h1-2,4-5,14H,3H2,(H2,9,12). The van der Waals surface area contributed by atoms with E-state index in [0.29, 0.717) is 6.42 Å². The Morgan fingerprint density at radius 3 is 3.21 bits per heavy atom. The minimum absolute atomic E-state index is 0.156. The number of aromatic nitrogens is 3. The van der Waals surface area contributed by atoms with E-state index in [2.05, 4.69) is 15.2 Å². The van der Waals surface area contributed by atoms with Gasteiger partial charge in [-0.2, -0.15) is 5.10 Å². The van der Waals surface area contributed by atoms with Crippen molar-refractivity contribution in [3.8, 4) is 0 Å². The zero-order chi connectivity index (χ0) is 9.97. The van der Waals surface area contributed by atoms with Crippen molar-refractivity contribution in [3.63, 3.8) is 0 Å². The van der Waals surface area contributed by atoms with Crippen molar-refractivity contribution in [2.75, 3.05) is 0 Å². The Bertz CT molecular complexity index is 475. The SMILES string of the molecule is N/C(Cc1ccc2cncnn12)=N\O. The first-order valence-corrected chi connectivity index (χ1v) is 4.04. The highest BCUT2D eigenvalue weighted by Gasteiger charge is 2.04. The maximum Gasteiger partial charge on any atom is 0.145 e. The molecule has 0 fully saturated rings. The van der Waals surface area contributed by atoms with Crippen LogP contribution in [-0.4, -0.2) is 25.6 Å². The summed E-state index contributed by atoms with van der Waals surface area (Å²) < 4.78 is 1.70. The highest BCUT2D eigenvalue weighted by Crippen LogP contribution is 2.06. The van der Waals surface area contributed by atoms with E-state index in [1.54, 1.807) is 10.7 Å². The summed E-state index contributed by atoms with van der Waals surface area (Å²) in [6, 6.07) is 3.74. The van der Waals surface area contributed by atoms with E-state index < -0.39 is 0 Å². The van der Waals surface area contributed by atoms with Crippen molar-refractivity contribution in [2.24, 2.45) is 10.9 Å². The molecule has 3 N–H and O–H groups in total. The summed E-state index contributed by atoms with van der Waals surface area (Å²) in [6.45, 7) is 0. The molecular formula is C8H9N5O. The molecule has 0 atom stereocenters. The molecule has 2 heterocycles. The van der Waals surface area contributed by atoms with Gasteiger partial charge in [-0.05, 0) is 12.1 Å². The zero-order valence-electron chi connectivity index (χ0n) is 7.33. The first-order chi connectivity index (χ1) is 6.81. The van der Waals surface area contributed by atoms with Crippen LogP contribution in [0.5, 0.6) is 0 Å². The second-order valence-electron chi connectivity index (χ2n) is 2.84. The second-order valence-corrected chi connectivity index (χ2v) is 2.84. The van der Waals surface area contributed by atoms with Crippen LogP contribution in [0.4, 0.5) is 0 Å².